The molecule has 0 saturated heterocycles. The van der Waals surface area contributed by atoms with E-state index < -0.39 is 15.8 Å². The third-order valence-electron chi connectivity index (χ3n) is 6.20. The summed E-state index contributed by atoms with van der Waals surface area (Å²) < 4.78 is 19.5. The highest BCUT2D eigenvalue weighted by atomic mass is 32.2. The minimum Gasteiger partial charge on any atom is -0.772 e. The maximum Gasteiger partial charge on any atom is 0.0444 e. The number of fused-ring (bicyclic) bond motifs is 1. The largest absolute Gasteiger partial charge is 0.772 e. The molecule has 0 N–H and O–H groups in total. The van der Waals surface area contributed by atoms with Gasteiger partial charge in [-0.2, -0.15) is 0 Å². The zero-order valence-electron chi connectivity index (χ0n) is 18.7. The van der Waals surface area contributed by atoms with E-state index in [1.165, 1.54) is 73.9 Å². The van der Waals surface area contributed by atoms with E-state index in [1.807, 2.05) is 0 Å². The molecule has 1 aliphatic heterocycles. The molecule has 2 aliphatic rings. The topological polar surface area (TPSA) is 43.4 Å². The summed E-state index contributed by atoms with van der Waals surface area (Å²) in [6, 6.07) is 18.1. The number of aryl methyl sites for hydroxylation is 1. The standard InChI is InChI=1S/C22H27N.C4H10O2S/c1-2-6-18(7-3-1)10-11-19-12-14-21(15-13-19)23-17-16-20-8-4-5-9-22(20)23;1-4(2,3)7(5)6/h4-5,8-9,12-15,18H,1-3,6-7,10-11,16-17H2;1-3H3,(H,5,6)/p-1. The average molecular weight is 427 g/mol. The van der Waals surface area contributed by atoms with Crippen LogP contribution in [-0.4, -0.2) is 20.1 Å². The lowest BCUT2D eigenvalue weighted by Crippen LogP contribution is -2.20. The van der Waals surface area contributed by atoms with Crippen LogP contribution in [0.2, 0.25) is 0 Å². The number of para-hydroxylation sites is 1. The van der Waals surface area contributed by atoms with E-state index in [2.05, 4.69) is 53.4 Å². The number of nitrogens with zero attached hydrogens (tertiary/aromatic N) is 1. The SMILES string of the molecule is CC(C)(C)S(=O)[O-].c1ccc2c(c1)CCN2c1ccc(CCC2CCCCC2)cc1. The Balaban J connectivity index is 0.000000318. The van der Waals surface area contributed by atoms with Crippen LogP contribution in [0, 0.1) is 5.92 Å². The van der Waals surface area contributed by atoms with Gasteiger partial charge in [0.1, 0.15) is 0 Å². The summed E-state index contributed by atoms with van der Waals surface area (Å²) in [5, 5.41) is 0. The number of hydrogen-bond donors (Lipinski definition) is 0. The summed E-state index contributed by atoms with van der Waals surface area (Å²) in [6.45, 7) is 6.06. The van der Waals surface area contributed by atoms with Gasteiger partial charge in [0.25, 0.3) is 0 Å². The zero-order chi connectivity index (χ0) is 21.6. The summed E-state index contributed by atoms with van der Waals surface area (Å²) in [5.41, 5.74) is 5.72. The molecule has 30 heavy (non-hydrogen) atoms. The molecule has 0 aromatic heterocycles. The van der Waals surface area contributed by atoms with Crippen LogP contribution in [-0.2, 0) is 23.9 Å². The van der Waals surface area contributed by atoms with Gasteiger partial charge in [-0.05, 0) is 86.4 Å². The van der Waals surface area contributed by atoms with Gasteiger partial charge in [0.2, 0.25) is 0 Å². The van der Waals surface area contributed by atoms with Gasteiger partial charge in [0, 0.05) is 22.7 Å². The minimum atomic E-state index is -1.93. The summed E-state index contributed by atoms with van der Waals surface area (Å²) in [4.78, 5) is 2.46. The lowest BCUT2D eigenvalue weighted by Gasteiger charge is -2.22. The van der Waals surface area contributed by atoms with Gasteiger partial charge in [-0.3, -0.25) is 4.21 Å². The second-order valence-electron chi connectivity index (χ2n) is 9.59. The molecule has 3 nitrogen and oxygen atoms in total. The zero-order valence-corrected chi connectivity index (χ0v) is 19.5. The van der Waals surface area contributed by atoms with Crippen LogP contribution < -0.4 is 4.90 Å². The Bertz CT molecular complexity index is 820. The van der Waals surface area contributed by atoms with Crippen molar-refractivity contribution in [3.8, 4) is 0 Å². The highest BCUT2D eigenvalue weighted by Gasteiger charge is 2.19. The van der Waals surface area contributed by atoms with Gasteiger partial charge < -0.3 is 9.45 Å². The van der Waals surface area contributed by atoms with Crippen molar-refractivity contribution in [3.05, 3.63) is 59.7 Å². The predicted molar refractivity (Wildman–Crippen MR) is 127 cm³/mol. The molecule has 1 unspecified atom stereocenters. The predicted octanol–water partition coefficient (Wildman–Crippen LogP) is 6.56. The fourth-order valence-corrected chi connectivity index (χ4v) is 4.30. The van der Waals surface area contributed by atoms with Crippen LogP contribution >= 0.6 is 0 Å². The Morgan fingerprint density at radius 1 is 1.00 bits per heavy atom. The minimum absolute atomic E-state index is 0.583. The Labute approximate surface area is 185 Å². The normalized spacial score (nSPS) is 17.8. The van der Waals surface area contributed by atoms with Crippen molar-refractivity contribution >= 4 is 22.5 Å². The van der Waals surface area contributed by atoms with E-state index in [0.29, 0.717) is 0 Å². The molecule has 2 aromatic rings. The van der Waals surface area contributed by atoms with Crippen molar-refractivity contribution < 1.29 is 8.76 Å². The number of anilines is 2. The van der Waals surface area contributed by atoms with Gasteiger partial charge in [-0.1, -0.05) is 62.4 Å². The van der Waals surface area contributed by atoms with Crippen LogP contribution in [0.5, 0.6) is 0 Å². The Hall–Kier alpha value is -1.65. The molecule has 1 saturated carbocycles. The van der Waals surface area contributed by atoms with Gasteiger partial charge in [-0.15, -0.1) is 0 Å². The van der Waals surface area contributed by atoms with E-state index in [0.717, 1.165) is 12.5 Å². The quantitative estimate of drug-likeness (QED) is 0.520. The summed E-state index contributed by atoms with van der Waals surface area (Å²) in [6.07, 6.45) is 11.1. The van der Waals surface area contributed by atoms with Crippen molar-refractivity contribution in [2.75, 3.05) is 11.4 Å². The van der Waals surface area contributed by atoms with Crippen molar-refractivity contribution in [2.24, 2.45) is 5.92 Å². The smallest absolute Gasteiger partial charge is 0.0444 e. The molecule has 4 heteroatoms. The maximum atomic E-state index is 10.0. The molecule has 4 rings (SSSR count). The highest BCUT2D eigenvalue weighted by Crippen LogP contribution is 2.34. The fourth-order valence-electron chi connectivity index (χ4n) is 4.30. The first-order chi connectivity index (χ1) is 14.3. The molecule has 164 valence electrons. The van der Waals surface area contributed by atoms with E-state index in [4.69, 9.17) is 0 Å². The first kappa shape index (κ1) is 23.0. The van der Waals surface area contributed by atoms with Gasteiger partial charge >= 0.3 is 0 Å². The summed E-state index contributed by atoms with van der Waals surface area (Å²) in [5.74, 6) is 0.980. The molecule has 0 spiro atoms. The van der Waals surface area contributed by atoms with E-state index >= 15 is 0 Å². The maximum absolute atomic E-state index is 10.0. The van der Waals surface area contributed by atoms with Crippen LogP contribution in [0.15, 0.2) is 48.5 Å². The van der Waals surface area contributed by atoms with Crippen molar-refractivity contribution in [3.63, 3.8) is 0 Å². The monoisotopic (exact) mass is 426 g/mol. The van der Waals surface area contributed by atoms with E-state index in [9.17, 15) is 8.76 Å². The third kappa shape index (κ3) is 6.42. The first-order valence-electron chi connectivity index (χ1n) is 11.4. The first-order valence-corrected chi connectivity index (χ1v) is 12.5. The lowest BCUT2D eigenvalue weighted by molar-refractivity contribution is 0.339. The van der Waals surface area contributed by atoms with Crippen molar-refractivity contribution in [2.45, 2.75) is 76.9 Å². The summed E-state index contributed by atoms with van der Waals surface area (Å²) >= 11 is -1.93. The Morgan fingerprint density at radius 2 is 1.63 bits per heavy atom. The third-order valence-corrected chi connectivity index (χ3v) is 7.20. The van der Waals surface area contributed by atoms with Gasteiger partial charge in [0.15, 0.2) is 0 Å². The average Bonchev–Trinajstić information content (AvgIpc) is 3.17. The molecule has 0 amide bonds. The van der Waals surface area contributed by atoms with E-state index in [-0.39, 0.29) is 0 Å². The molecular weight excluding hydrogens is 390 g/mol. The van der Waals surface area contributed by atoms with Crippen LogP contribution in [0.25, 0.3) is 0 Å². The van der Waals surface area contributed by atoms with Gasteiger partial charge in [-0.25, -0.2) is 0 Å². The Morgan fingerprint density at radius 3 is 2.27 bits per heavy atom. The Kier molecular flexibility index (Phi) is 8.13. The molecule has 2 aromatic carbocycles. The van der Waals surface area contributed by atoms with Crippen molar-refractivity contribution in [1.29, 1.82) is 0 Å². The lowest BCUT2D eigenvalue weighted by atomic mass is 9.85. The molecule has 1 fully saturated rings. The highest BCUT2D eigenvalue weighted by molar-refractivity contribution is 7.80. The number of benzene rings is 2. The van der Waals surface area contributed by atoms with Gasteiger partial charge in [0.05, 0.1) is 0 Å². The molecule has 1 atom stereocenters. The van der Waals surface area contributed by atoms with Crippen molar-refractivity contribution in [1.82, 2.24) is 0 Å². The second kappa shape index (κ2) is 10.6. The van der Waals surface area contributed by atoms with Crippen LogP contribution in [0.4, 0.5) is 11.4 Å². The number of rotatable bonds is 4. The number of hydrogen-bond acceptors (Lipinski definition) is 3. The van der Waals surface area contributed by atoms with Crippen LogP contribution in [0.3, 0.4) is 0 Å². The molecular formula is C26H36NO2S-. The second-order valence-corrected chi connectivity index (χ2v) is 11.3. The molecule has 0 bridgehead atoms. The fraction of sp³-hybridized carbons (Fsp3) is 0.538. The molecule has 0 radical (unpaired) electrons. The van der Waals surface area contributed by atoms with E-state index in [1.54, 1.807) is 20.8 Å². The molecule has 1 heterocycles. The summed E-state index contributed by atoms with van der Waals surface area (Å²) in [7, 11) is 0. The molecule has 1 aliphatic carbocycles. The van der Waals surface area contributed by atoms with Crippen LogP contribution in [0.1, 0.15) is 70.4 Å².